The number of hydrogen-bond acceptors (Lipinski definition) is 5. The SMILES string of the molecule is Cc1nn(C)c(C)c1C(=O)OCC(=O)Nc1cc(-c2ccccc2)nn1-c1ccccc1. The molecular formula is C24H23N5O3. The number of ether oxygens (including phenoxy) is 1. The first-order valence-corrected chi connectivity index (χ1v) is 10.1. The molecule has 0 saturated carbocycles. The summed E-state index contributed by atoms with van der Waals surface area (Å²) in [6.45, 7) is 3.08. The van der Waals surface area contributed by atoms with Crippen molar-refractivity contribution in [3.05, 3.63) is 83.7 Å². The number of benzene rings is 2. The van der Waals surface area contributed by atoms with Gasteiger partial charge in [0.05, 0.1) is 17.1 Å². The van der Waals surface area contributed by atoms with Gasteiger partial charge in [0.25, 0.3) is 5.91 Å². The second kappa shape index (κ2) is 8.89. The summed E-state index contributed by atoms with van der Waals surface area (Å²) in [6.07, 6.45) is 0. The maximum Gasteiger partial charge on any atom is 0.342 e. The third kappa shape index (κ3) is 4.29. The Morgan fingerprint density at radius 3 is 2.25 bits per heavy atom. The van der Waals surface area contributed by atoms with Crippen LogP contribution in [0.4, 0.5) is 5.82 Å². The molecule has 8 heteroatoms. The molecular weight excluding hydrogens is 406 g/mol. The zero-order valence-corrected chi connectivity index (χ0v) is 18.1. The Kier molecular flexibility index (Phi) is 5.85. The Hall–Kier alpha value is -4.20. The van der Waals surface area contributed by atoms with Gasteiger partial charge in [0.15, 0.2) is 6.61 Å². The minimum Gasteiger partial charge on any atom is -0.452 e. The average Bonchev–Trinajstić information content (AvgIpc) is 3.33. The first kappa shape index (κ1) is 21.0. The van der Waals surface area contributed by atoms with Crippen LogP contribution in [0.1, 0.15) is 21.7 Å². The van der Waals surface area contributed by atoms with Crippen LogP contribution in [0.25, 0.3) is 16.9 Å². The van der Waals surface area contributed by atoms with Crippen molar-refractivity contribution in [1.82, 2.24) is 19.6 Å². The summed E-state index contributed by atoms with van der Waals surface area (Å²) in [5, 5.41) is 11.7. The van der Waals surface area contributed by atoms with Crippen molar-refractivity contribution in [3.63, 3.8) is 0 Å². The normalized spacial score (nSPS) is 10.7. The number of nitrogens with one attached hydrogen (secondary N) is 1. The predicted octanol–water partition coefficient (Wildman–Crippen LogP) is 3.69. The van der Waals surface area contributed by atoms with Crippen molar-refractivity contribution >= 4 is 17.7 Å². The van der Waals surface area contributed by atoms with Crippen LogP contribution >= 0.6 is 0 Å². The molecule has 4 aromatic rings. The van der Waals surface area contributed by atoms with E-state index < -0.39 is 18.5 Å². The van der Waals surface area contributed by atoms with E-state index in [4.69, 9.17) is 4.74 Å². The number of anilines is 1. The quantitative estimate of drug-likeness (QED) is 0.472. The Bertz CT molecular complexity index is 1260. The highest BCUT2D eigenvalue weighted by Gasteiger charge is 2.20. The van der Waals surface area contributed by atoms with Crippen LogP contribution < -0.4 is 5.32 Å². The van der Waals surface area contributed by atoms with Gasteiger partial charge in [-0.15, -0.1) is 0 Å². The maximum atomic E-state index is 12.6. The second-order valence-electron chi connectivity index (χ2n) is 7.32. The van der Waals surface area contributed by atoms with E-state index in [1.807, 2.05) is 60.7 Å². The van der Waals surface area contributed by atoms with Gasteiger partial charge in [-0.05, 0) is 26.0 Å². The highest BCUT2D eigenvalue weighted by atomic mass is 16.5. The number of aryl methyl sites for hydroxylation is 2. The fourth-order valence-corrected chi connectivity index (χ4v) is 3.44. The zero-order valence-electron chi connectivity index (χ0n) is 18.1. The summed E-state index contributed by atoms with van der Waals surface area (Å²) in [7, 11) is 1.75. The van der Waals surface area contributed by atoms with Crippen molar-refractivity contribution in [2.75, 3.05) is 11.9 Å². The van der Waals surface area contributed by atoms with E-state index >= 15 is 0 Å². The highest BCUT2D eigenvalue weighted by molar-refractivity contribution is 5.96. The monoisotopic (exact) mass is 429 g/mol. The summed E-state index contributed by atoms with van der Waals surface area (Å²) in [6, 6.07) is 21.0. The van der Waals surface area contributed by atoms with Gasteiger partial charge in [-0.2, -0.15) is 10.2 Å². The second-order valence-corrected chi connectivity index (χ2v) is 7.32. The molecule has 0 saturated heterocycles. The van der Waals surface area contributed by atoms with Gasteiger partial charge < -0.3 is 10.1 Å². The number of hydrogen-bond donors (Lipinski definition) is 1. The number of esters is 1. The first-order valence-electron chi connectivity index (χ1n) is 10.1. The van der Waals surface area contributed by atoms with Crippen LogP contribution in [-0.2, 0) is 16.6 Å². The van der Waals surface area contributed by atoms with E-state index in [1.54, 1.807) is 36.3 Å². The number of rotatable bonds is 6. The Labute approximate surface area is 185 Å². The van der Waals surface area contributed by atoms with E-state index in [2.05, 4.69) is 15.5 Å². The number of carbonyl (C=O) groups is 2. The predicted molar refractivity (Wildman–Crippen MR) is 121 cm³/mol. The molecule has 162 valence electrons. The van der Waals surface area contributed by atoms with Crippen LogP contribution in [-0.4, -0.2) is 38.0 Å². The lowest BCUT2D eigenvalue weighted by atomic mass is 10.2. The van der Waals surface area contributed by atoms with E-state index in [-0.39, 0.29) is 0 Å². The van der Waals surface area contributed by atoms with Crippen LogP contribution in [0.3, 0.4) is 0 Å². The fourth-order valence-electron chi connectivity index (χ4n) is 3.44. The smallest absolute Gasteiger partial charge is 0.342 e. The summed E-state index contributed by atoms with van der Waals surface area (Å²) < 4.78 is 8.50. The summed E-state index contributed by atoms with van der Waals surface area (Å²) in [5.74, 6) is -0.566. The molecule has 0 fully saturated rings. The molecule has 2 heterocycles. The van der Waals surface area contributed by atoms with Crippen molar-refractivity contribution in [2.24, 2.45) is 7.05 Å². The van der Waals surface area contributed by atoms with E-state index in [0.717, 1.165) is 11.3 Å². The Morgan fingerprint density at radius 2 is 1.62 bits per heavy atom. The van der Waals surface area contributed by atoms with Gasteiger partial charge in [-0.1, -0.05) is 48.5 Å². The van der Waals surface area contributed by atoms with Gasteiger partial charge in [-0.3, -0.25) is 9.48 Å². The van der Waals surface area contributed by atoms with Crippen LogP contribution in [0.15, 0.2) is 66.7 Å². The summed E-state index contributed by atoms with van der Waals surface area (Å²) >= 11 is 0. The maximum absolute atomic E-state index is 12.6. The van der Waals surface area contributed by atoms with Crippen LogP contribution in [0, 0.1) is 13.8 Å². The molecule has 2 aromatic carbocycles. The van der Waals surface area contributed by atoms with Crippen LogP contribution in [0.5, 0.6) is 0 Å². The first-order chi connectivity index (χ1) is 15.4. The minimum absolute atomic E-state index is 0.376. The molecule has 32 heavy (non-hydrogen) atoms. The number of amides is 1. The van der Waals surface area contributed by atoms with Crippen molar-refractivity contribution in [1.29, 1.82) is 0 Å². The Morgan fingerprint density at radius 1 is 0.969 bits per heavy atom. The van der Waals surface area contributed by atoms with E-state index in [1.165, 1.54) is 0 Å². The molecule has 8 nitrogen and oxygen atoms in total. The zero-order chi connectivity index (χ0) is 22.7. The number of aromatic nitrogens is 4. The standard InChI is InChI=1S/C24H23N5O3/c1-16-23(17(2)28(3)26-16)24(31)32-15-22(30)25-21-14-20(18-10-6-4-7-11-18)27-29(21)19-12-8-5-9-13-19/h4-14H,15H2,1-3H3,(H,25,30). The fraction of sp³-hybridized carbons (Fsp3) is 0.167. The lowest BCUT2D eigenvalue weighted by molar-refractivity contribution is -0.119. The molecule has 1 N–H and O–H groups in total. The molecule has 0 aliphatic heterocycles. The molecule has 0 aliphatic rings. The van der Waals surface area contributed by atoms with Crippen LogP contribution in [0.2, 0.25) is 0 Å². The van der Waals surface area contributed by atoms with Gasteiger partial charge in [0.1, 0.15) is 11.4 Å². The van der Waals surface area contributed by atoms with Gasteiger partial charge >= 0.3 is 5.97 Å². The van der Waals surface area contributed by atoms with Gasteiger partial charge in [0.2, 0.25) is 0 Å². The number of carbonyl (C=O) groups excluding carboxylic acids is 2. The number of para-hydroxylation sites is 1. The Balaban J connectivity index is 1.53. The molecule has 0 radical (unpaired) electrons. The van der Waals surface area contributed by atoms with Gasteiger partial charge in [0, 0.05) is 24.4 Å². The van der Waals surface area contributed by atoms with E-state index in [9.17, 15) is 9.59 Å². The molecule has 0 bridgehead atoms. The third-order valence-corrected chi connectivity index (χ3v) is 5.09. The average molecular weight is 429 g/mol. The molecule has 0 unspecified atom stereocenters. The minimum atomic E-state index is -0.579. The lowest BCUT2D eigenvalue weighted by Crippen LogP contribution is -2.22. The van der Waals surface area contributed by atoms with Gasteiger partial charge in [-0.25, -0.2) is 9.48 Å². The third-order valence-electron chi connectivity index (χ3n) is 5.09. The van der Waals surface area contributed by atoms with E-state index in [0.29, 0.717) is 28.5 Å². The summed E-state index contributed by atoms with van der Waals surface area (Å²) in [4.78, 5) is 25.1. The van der Waals surface area contributed by atoms with Crippen molar-refractivity contribution in [3.8, 4) is 16.9 Å². The largest absolute Gasteiger partial charge is 0.452 e. The molecule has 0 spiro atoms. The highest BCUT2D eigenvalue weighted by Crippen LogP contribution is 2.24. The number of nitrogens with zero attached hydrogens (tertiary/aromatic N) is 4. The van der Waals surface area contributed by atoms with Crippen molar-refractivity contribution in [2.45, 2.75) is 13.8 Å². The topological polar surface area (TPSA) is 91.0 Å². The lowest BCUT2D eigenvalue weighted by Gasteiger charge is -2.09. The summed E-state index contributed by atoms with van der Waals surface area (Å²) in [5.41, 5.74) is 4.05. The molecule has 4 rings (SSSR count). The molecule has 0 atom stereocenters. The molecule has 2 aromatic heterocycles. The molecule has 1 amide bonds. The molecule has 0 aliphatic carbocycles. The van der Waals surface area contributed by atoms with Crippen molar-refractivity contribution < 1.29 is 14.3 Å².